The van der Waals surface area contributed by atoms with Gasteiger partial charge in [-0.1, -0.05) is 40.0 Å². The lowest BCUT2D eigenvalue weighted by atomic mass is 9.90. The fourth-order valence-electron chi connectivity index (χ4n) is 2.51. The Morgan fingerprint density at radius 2 is 1.56 bits per heavy atom. The van der Waals surface area contributed by atoms with Gasteiger partial charge in [0.15, 0.2) is 0 Å². The van der Waals surface area contributed by atoms with Crippen LogP contribution in [0.25, 0.3) is 0 Å². The Morgan fingerprint density at radius 1 is 1.00 bits per heavy atom. The maximum absolute atomic E-state index is 6.02. The summed E-state index contributed by atoms with van der Waals surface area (Å²) in [5.41, 5.74) is 0.756. The highest BCUT2D eigenvalue weighted by Crippen LogP contribution is 2.37. The van der Waals surface area contributed by atoms with Crippen LogP contribution in [0.3, 0.4) is 0 Å². The largest absolute Gasteiger partial charge is 0.396 e. The van der Waals surface area contributed by atoms with Crippen LogP contribution in [-0.2, 0) is 8.85 Å². The summed E-state index contributed by atoms with van der Waals surface area (Å²) in [5.74, 6) is 0.819. The van der Waals surface area contributed by atoms with E-state index in [2.05, 4.69) is 20.8 Å². The molecule has 0 radical (unpaired) electrons. The van der Waals surface area contributed by atoms with Crippen molar-refractivity contribution in [2.75, 3.05) is 13.2 Å². The summed E-state index contributed by atoms with van der Waals surface area (Å²) in [6.45, 7) is 8.52. The second-order valence-corrected chi connectivity index (χ2v) is 7.30. The van der Waals surface area contributed by atoms with Crippen molar-refractivity contribution in [3.8, 4) is 0 Å². The van der Waals surface area contributed by atoms with Crippen molar-refractivity contribution in [1.82, 2.24) is 0 Å². The molecule has 0 spiro atoms. The third kappa shape index (κ3) is 4.56. The number of hydrogen-bond donors (Lipinski definition) is 0. The lowest BCUT2D eigenvalue weighted by Gasteiger charge is -2.33. The maximum atomic E-state index is 6.02. The molecule has 2 unspecified atom stereocenters. The molecule has 0 aliphatic heterocycles. The first kappa shape index (κ1) is 14.2. The average molecular weight is 244 g/mol. The zero-order valence-corrected chi connectivity index (χ0v) is 12.4. The van der Waals surface area contributed by atoms with Gasteiger partial charge in [0.2, 0.25) is 0 Å². The zero-order valence-electron chi connectivity index (χ0n) is 11.2. The molecule has 1 aliphatic rings. The molecule has 3 heteroatoms. The van der Waals surface area contributed by atoms with Crippen molar-refractivity contribution in [3.63, 3.8) is 0 Å². The molecule has 1 rings (SSSR count). The second-order valence-electron chi connectivity index (χ2n) is 5.04. The van der Waals surface area contributed by atoms with Gasteiger partial charge < -0.3 is 8.85 Å². The lowest BCUT2D eigenvalue weighted by molar-refractivity contribution is 0.170. The van der Waals surface area contributed by atoms with Crippen LogP contribution in [0.2, 0.25) is 5.54 Å². The lowest BCUT2D eigenvalue weighted by Crippen LogP contribution is -2.34. The fraction of sp³-hybridized carbons (Fsp3) is 1.00. The van der Waals surface area contributed by atoms with Crippen LogP contribution in [0.15, 0.2) is 0 Å². The molecule has 0 N–H and O–H groups in total. The molecule has 0 bridgehead atoms. The van der Waals surface area contributed by atoms with Crippen LogP contribution in [0, 0.1) is 5.92 Å². The second kappa shape index (κ2) is 8.26. The van der Waals surface area contributed by atoms with Gasteiger partial charge in [0.1, 0.15) is 0 Å². The van der Waals surface area contributed by atoms with E-state index in [0.29, 0.717) is 0 Å². The standard InChI is InChI=1S/C13H28O2Si/c1-4-10-14-16(15-11-5-2)13-9-7-6-8-12(13)3/h12-13,16H,4-11H2,1-3H3. The average Bonchev–Trinajstić information content (AvgIpc) is 2.31. The summed E-state index contributed by atoms with van der Waals surface area (Å²) < 4.78 is 12.0. The van der Waals surface area contributed by atoms with Crippen molar-refractivity contribution in [2.45, 2.75) is 64.8 Å². The van der Waals surface area contributed by atoms with E-state index in [0.717, 1.165) is 37.5 Å². The van der Waals surface area contributed by atoms with Gasteiger partial charge in [0, 0.05) is 18.8 Å². The third-order valence-corrected chi connectivity index (χ3v) is 6.32. The van der Waals surface area contributed by atoms with E-state index in [1.807, 2.05) is 0 Å². The van der Waals surface area contributed by atoms with Crippen molar-refractivity contribution in [1.29, 1.82) is 0 Å². The monoisotopic (exact) mass is 244 g/mol. The van der Waals surface area contributed by atoms with E-state index in [1.54, 1.807) is 0 Å². The van der Waals surface area contributed by atoms with E-state index in [9.17, 15) is 0 Å². The highest BCUT2D eigenvalue weighted by molar-refractivity contribution is 6.46. The van der Waals surface area contributed by atoms with Gasteiger partial charge in [0.05, 0.1) is 0 Å². The predicted octanol–water partition coefficient (Wildman–Crippen LogP) is 3.64. The normalized spacial score (nSPS) is 26.2. The van der Waals surface area contributed by atoms with Crippen molar-refractivity contribution in [3.05, 3.63) is 0 Å². The van der Waals surface area contributed by atoms with Gasteiger partial charge in [-0.25, -0.2) is 0 Å². The molecule has 0 aromatic carbocycles. The Morgan fingerprint density at radius 3 is 2.06 bits per heavy atom. The first-order chi connectivity index (χ1) is 7.79. The Hall–Kier alpha value is 0.137. The smallest absolute Gasteiger partial charge is 0.324 e. The first-order valence-electron chi connectivity index (χ1n) is 7.02. The quantitative estimate of drug-likeness (QED) is 0.637. The van der Waals surface area contributed by atoms with E-state index in [-0.39, 0.29) is 0 Å². The van der Waals surface area contributed by atoms with Crippen LogP contribution >= 0.6 is 0 Å². The van der Waals surface area contributed by atoms with Crippen molar-refractivity contribution >= 4 is 9.28 Å². The van der Waals surface area contributed by atoms with Crippen molar-refractivity contribution in [2.24, 2.45) is 5.92 Å². The minimum absolute atomic E-state index is 0.756. The summed E-state index contributed by atoms with van der Waals surface area (Å²) in [6, 6.07) is 0. The predicted molar refractivity (Wildman–Crippen MR) is 71.0 cm³/mol. The third-order valence-electron chi connectivity index (χ3n) is 3.50. The van der Waals surface area contributed by atoms with E-state index >= 15 is 0 Å². The molecular formula is C13H28O2Si. The summed E-state index contributed by atoms with van der Waals surface area (Å²) in [5, 5.41) is 0. The number of hydrogen-bond acceptors (Lipinski definition) is 2. The molecule has 2 nitrogen and oxygen atoms in total. The minimum Gasteiger partial charge on any atom is -0.396 e. The van der Waals surface area contributed by atoms with Gasteiger partial charge in [-0.2, -0.15) is 0 Å². The summed E-state index contributed by atoms with van der Waals surface area (Å²) >= 11 is 0. The van der Waals surface area contributed by atoms with Crippen LogP contribution in [0.5, 0.6) is 0 Å². The van der Waals surface area contributed by atoms with Crippen LogP contribution in [0.1, 0.15) is 59.3 Å². The van der Waals surface area contributed by atoms with Crippen molar-refractivity contribution < 1.29 is 8.85 Å². The fourth-order valence-corrected chi connectivity index (χ4v) is 5.28. The molecule has 1 aliphatic carbocycles. The van der Waals surface area contributed by atoms with Crippen LogP contribution < -0.4 is 0 Å². The Kier molecular flexibility index (Phi) is 7.33. The molecule has 16 heavy (non-hydrogen) atoms. The molecule has 0 aromatic heterocycles. The Balaban J connectivity index is 2.44. The van der Waals surface area contributed by atoms with Gasteiger partial charge in [-0.15, -0.1) is 0 Å². The Bertz CT molecular complexity index is 167. The minimum atomic E-state index is -1.41. The summed E-state index contributed by atoms with van der Waals surface area (Å²) in [7, 11) is -1.41. The van der Waals surface area contributed by atoms with Gasteiger partial charge in [0.25, 0.3) is 0 Å². The SMILES string of the molecule is CCCO[SiH](OCCC)C1CCCCC1C. The highest BCUT2D eigenvalue weighted by atomic mass is 28.3. The molecule has 0 saturated heterocycles. The topological polar surface area (TPSA) is 18.5 Å². The highest BCUT2D eigenvalue weighted by Gasteiger charge is 2.32. The van der Waals surface area contributed by atoms with Gasteiger partial charge >= 0.3 is 9.28 Å². The molecule has 2 atom stereocenters. The molecule has 0 amide bonds. The zero-order chi connectivity index (χ0) is 11.8. The molecular weight excluding hydrogens is 216 g/mol. The molecule has 1 fully saturated rings. The van der Waals surface area contributed by atoms with E-state index in [1.165, 1.54) is 25.7 Å². The van der Waals surface area contributed by atoms with Crippen LogP contribution in [0.4, 0.5) is 0 Å². The van der Waals surface area contributed by atoms with E-state index in [4.69, 9.17) is 8.85 Å². The van der Waals surface area contributed by atoms with Gasteiger partial charge in [-0.05, 0) is 25.2 Å². The Labute approximate surface area is 103 Å². The van der Waals surface area contributed by atoms with Gasteiger partial charge in [-0.3, -0.25) is 0 Å². The summed E-state index contributed by atoms with van der Waals surface area (Å²) in [6.07, 6.45) is 7.72. The van der Waals surface area contributed by atoms with Crippen LogP contribution in [-0.4, -0.2) is 22.5 Å². The molecule has 0 aromatic rings. The molecule has 96 valence electrons. The number of rotatable bonds is 7. The first-order valence-corrected chi connectivity index (χ1v) is 8.63. The summed E-state index contributed by atoms with van der Waals surface area (Å²) in [4.78, 5) is 0. The molecule has 0 heterocycles. The maximum Gasteiger partial charge on any atom is 0.324 e. The van der Waals surface area contributed by atoms with E-state index < -0.39 is 9.28 Å². The molecule has 1 saturated carbocycles.